The number of fused-ring (bicyclic) bond motifs is 1. The molecule has 2 aromatic carbocycles. The Kier molecular flexibility index (Phi) is 7.96. The summed E-state index contributed by atoms with van der Waals surface area (Å²) in [4.78, 5) is 27.0. The van der Waals surface area contributed by atoms with Crippen LogP contribution in [0.25, 0.3) is 0 Å². The van der Waals surface area contributed by atoms with Crippen molar-refractivity contribution in [3.63, 3.8) is 0 Å². The Morgan fingerprint density at radius 3 is 2.67 bits per heavy atom. The molecule has 0 spiro atoms. The van der Waals surface area contributed by atoms with Crippen molar-refractivity contribution in [2.75, 3.05) is 31.6 Å². The average Bonchev–Trinajstić information content (AvgIpc) is 2.70. The molecular weight excluding hydrogens is 425 g/mol. The summed E-state index contributed by atoms with van der Waals surface area (Å²) in [5.41, 5.74) is 1.47. The summed E-state index contributed by atoms with van der Waals surface area (Å²) >= 11 is 12.0. The van der Waals surface area contributed by atoms with Gasteiger partial charge in [-0.1, -0.05) is 48.3 Å². The summed E-state index contributed by atoms with van der Waals surface area (Å²) in [6.45, 7) is 3.41. The number of hydrogen-bond donors (Lipinski definition) is 2. The van der Waals surface area contributed by atoms with E-state index in [2.05, 4.69) is 10.6 Å². The Hall–Kier alpha value is -2.28. The fraction of sp³-hybridized carbons (Fsp3) is 0.364. The highest BCUT2D eigenvalue weighted by Gasteiger charge is 2.23. The third kappa shape index (κ3) is 6.11. The van der Waals surface area contributed by atoms with Gasteiger partial charge in [0.15, 0.2) is 0 Å². The summed E-state index contributed by atoms with van der Waals surface area (Å²) in [6, 6.07) is 12.5. The van der Waals surface area contributed by atoms with Crippen LogP contribution in [-0.4, -0.2) is 43.0 Å². The molecule has 0 fully saturated rings. The van der Waals surface area contributed by atoms with Gasteiger partial charge in [0.25, 0.3) is 0 Å². The molecule has 2 aromatic rings. The molecule has 1 aliphatic rings. The van der Waals surface area contributed by atoms with Gasteiger partial charge in [-0.25, -0.2) is 0 Å². The minimum Gasteiger partial charge on any atom is -0.493 e. The second-order valence-corrected chi connectivity index (χ2v) is 8.02. The Morgan fingerprint density at radius 1 is 1.13 bits per heavy atom. The van der Waals surface area contributed by atoms with Gasteiger partial charge < -0.3 is 15.4 Å². The van der Waals surface area contributed by atoms with E-state index in [4.69, 9.17) is 27.9 Å². The molecule has 2 N–H and O–H groups in total. The Balaban J connectivity index is 1.57. The van der Waals surface area contributed by atoms with Crippen LogP contribution in [-0.2, 0) is 9.59 Å². The SMILES string of the molecule is CCCN(CC(=O)Nc1ccc(Cl)cc1Cl)CC(=O)NC1CCOc2ccccc21. The van der Waals surface area contributed by atoms with Crippen LogP contribution >= 0.6 is 23.2 Å². The van der Waals surface area contributed by atoms with E-state index in [-0.39, 0.29) is 30.9 Å². The minimum absolute atomic E-state index is 0.0879. The Bertz CT molecular complexity index is 907. The minimum atomic E-state index is -0.239. The second kappa shape index (κ2) is 10.7. The third-order valence-corrected chi connectivity index (χ3v) is 5.32. The van der Waals surface area contributed by atoms with Crippen LogP contribution < -0.4 is 15.4 Å². The molecular formula is C22H25Cl2N3O3. The molecule has 3 rings (SSSR count). The maximum absolute atomic E-state index is 12.7. The van der Waals surface area contributed by atoms with E-state index >= 15 is 0 Å². The average molecular weight is 450 g/mol. The van der Waals surface area contributed by atoms with Crippen molar-refractivity contribution in [3.8, 4) is 5.75 Å². The number of nitrogens with zero attached hydrogens (tertiary/aromatic N) is 1. The zero-order chi connectivity index (χ0) is 21.5. The normalized spacial score (nSPS) is 15.3. The van der Waals surface area contributed by atoms with E-state index in [0.717, 1.165) is 17.7 Å². The van der Waals surface area contributed by atoms with Gasteiger partial charge in [0.1, 0.15) is 5.75 Å². The van der Waals surface area contributed by atoms with E-state index in [1.165, 1.54) is 0 Å². The molecule has 1 heterocycles. The van der Waals surface area contributed by atoms with Crippen molar-refractivity contribution >= 4 is 40.7 Å². The van der Waals surface area contributed by atoms with Crippen LogP contribution in [0.2, 0.25) is 10.0 Å². The number of para-hydroxylation sites is 1. The number of amides is 2. The highest BCUT2D eigenvalue weighted by molar-refractivity contribution is 6.36. The zero-order valence-corrected chi connectivity index (χ0v) is 18.3. The Morgan fingerprint density at radius 2 is 1.90 bits per heavy atom. The molecule has 0 saturated carbocycles. The predicted octanol–water partition coefficient (Wildman–Crippen LogP) is 4.28. The maximum Gasteiger partial charge on any atom is 0.238 e. The number of carbonyl (C=O) groups is 2. The van der Waals surface area contributed by atoms with E-state index in [0.29, 0.717) is 35.3 Å². The highest BCUT2D eigenvalue weighted by Crippen LogP contribution is 2.31. The van der Waals surface area contributed by atoms with E-state index in [9.17, 15) is 9.59 Å². The molecule has 1 unspecified atom stereocenters. The van der Waals surface area contributed by atoms with Gasteiger partial charge in [-0.2, -0.15) is 0 Å². The summed E-state index contributed by atoms with van der Waals surface area (Å²) in [5.74, 6) is 0.443. The molecule has 2 amide bonds. The smallest absolute Gasteiger partial charge is 0.238 e. The summed E-state index contributed by atoms with van der Waals surface area (Å²) in [5, 5.41) is 6.72. The molecule has 0 radical (unpaired) electrons. The monoisotopic (exact) mass is 449 g/mol. The lowest BCUT2D eigenvalue weighted by molar-refractivity contribution is -0.124. The van der Waals surface area contributed by atoms with Crippen LogP contribution in [0.5, 0.6) is 5.75 Å². The molecule has 160 valence electrons. The predicted molar refractivity (Wildman–Crippen MR) is 119 cm³/mol. The lowest BCUT2D eigenvalue weighted by atomic mass is 10.0. The van der Waals surface area contributed by atoms with Gasteiger partial charge in [-0.15, -0.1) is 0 Å². The van der Waals surface area contributed by atoms with Crippen molar-refractivity contribution in [2.45, 2.75) is 25.8 Å². The number of anilines is 1. The van der Waals surface area contributed by atoms with Crippen molar-refractivity contribution < 1.29 is 14.3 Å². The summed E-state index contributed by atoms with van der Waals surface area (Å²) in [6.07, 6.45) is 1.54. The second-order valence-electron chi connectivity index (χ2n) is 7.18. The van der Waals surface area contributed by atoms with Crippen LogP contribution in [0.1, 0.15) is 31.4 Å². The zero-order valence-electron chi connectivity index (χ0n) is 16.8. The highest BCUT2D eigenvalue weighted by atomic mass is 35.5. The fourth-order valence-electron chi connectivity index (χ4n) is 3.45. The van der Waals surface area contributed by atoms with E-state index in [1.807, 2.05) is 36.1 Å². The fourth-order valence-corrected chi connectivity index (χ4v) is 3.90. The van der Waals surface area contributed by atoms with Crippen LogP contribution in [0.4, 0.5) is 5.69 Å². The van der Waals surface area contributed by atoms with Crippen LogP contribution in [0.15, 0.2) is 42.5 Å². The van der Waals surface area contributed by atoms with Crippen molar-refractivity contribution in [1.82, 2.24) is 10.2 Å². The number of rotatable bonds is 8. The van der Waals surface area contributed by atoms with Gasteiger partial charge in [0.2, 0.25) is 11.8 Å². The van der Waals surface area contributed by atoms with E-state index < -0.39 is 0 Å². The van der Waals surface area contributed by atoms with Crippen molar-refractivity contribution in [1.29, 1.82) is 0 Å². The van der Waals surface area contributed by atoms with Crippen molar-refractivity contribution in [3.05, 3.63) is 58.1 Å². The van der Waals surface area contributed by atoms with Crippen LogP contribution in [0.3, 0.4) is 0 Å². The number of benzene rings is 2. The topological polar surface area (TPSA) is 70.7 Å². The molecule has 8 heteroatoms. The number of hydrogen-bond acceptors (Lipinski definition) is 4. The molecule has 0 aliphatic carbocycles. The number of carbonyl (C=O) groups excluding carboxylic acids is 2. The number of halogens is 2. The van der Waals surface area contributed by atoms with Crippen LogP contribution in [0, 0.1) is 0 Å². The largest absolute Gasteiger partial charge is 0.493 e. The molecule has 1 atom stereocenters. The summed E-state index contributed by atoms with van der Waals surface area (Å²) < 4.78 is 5.65. The first kappa shape index (κ1) is 22.4. The molecule has 0 aromatic heterocycles. The standard InChI is InChI=1S/C22H25Cl2N3O3/c1-2-10-27(14-22(29)26-19-8-7-15(23)12-17(19)24)13-21(28)25-18-9-11-30-20-6-4-3-5-16(18)20/h3-8,12,18H,2,9-11,13-14H2,1H3,(H,25,28)(H,26,29). The quantitative estimate of drug-likeness (QED) is 0.630. The molecule has 0 bridgehead atoms. The van der Waals surface area contributed by atoms with Gasteiger partial charge in [0.05, 0.1) is 36.4 Å². The van der Waals surface area contributed by atoms with Gasteiger partial charge in [-0.3, -0.25) is 14.5 Å². The van der Waals surface area contributed by atoms with Crippen molar-refractivity contribution in [2.24, 2.45) is 0 Å². The molecule has 1 aliphatic heterocycles. The first-order valence-corrected chi connectivity index (χ1v) is 10.7. The van der Waals surface area contributed by atoms with E-state index in [1.54, 1.807) is 18.2 Å². The van der Waals surface area contributed by atoms with Gasteiger partial charge >= 0.3 is 0 Å². The molecule has 0 saturated heterocycles. The number of ether oxygens (including phenoxy) is 1. The first-order valence-electron chi connectivity index (χ1n) is 9.94. The lowest BCUT2D eigenvalue weighted by Gasteiger charge is -2.28. The number of nitrogens with one attached hydrogen (secondary N) is 2. The van der Waals surface area contributed by atoms with Gasteiger partial charge in [0, 0.05) is 17.0 Å². The molecule has 6 nitrogen and oxygen atoms in total. The van der Waals surface area contributed by atoms with Gasteiger partial charge in [-0.05, 0) is 37.2 Å². The maximum atomic E-state index is 12.7. The Labute approximate surface area is 186 Å². The summed E-state index contributed by atoms with van der Waals surface area (Å²) in [7, 11) is 0. The first-order chi connectivity index (χ1) is 14.5. The third-order valence-electron chi connectivity index (χ3n) is 4.77. The lowest BCUT2D eigenvalue weighted by Crippen LogP contribution is -2.43. The molecule has 30 heavy (non-hydrogen) atoms.